The summed E-state index contributed by atoms with van der Waals surface area (Å²) in [5.74, 6) is 0.808. The van der Waals surface area contributed by atoms with Gasteiger partial charge >= 0.3 is 0 Å². The molecule has 0 radical (unpaired) electrons. The first-order valence-electron chi connectivity index (χ1n) is 4.72. The van der Waals surface area contributed by atoms with E-state index in [-0.39, 0.29) is 5.41 Å². The van der Waals surface area contributed by atoms with Crippen molar-refractivity contribution in [1.82, 2.24) is 4.90 Å². The van der Waals surface area contributed by atoms with Gasteiger partial charge in [-0.25, -0.2) is 0 Å². The van der Waals surface area contributed by atoms with Crippen LogP contribution in [0.1, 0.15) is 33.6 Å². The second-order valence-electron chi connectivity index (χ2n) is 4.49. The fraction of sp³-hybridized carbons (Fsp3) is 0.900. The van der Waals surface area contributed by atoms with Crippen LogP contribution in [0, 0.1) is 11.3 Å². The molecule has 1 atom stereocenters. The van der Waals surface area contributed by atoms with Crippen molar-refractivity contribution in [3.63, 3.8) is 0 Å². The van der Waals surface area contributed by atoms with Crippen molar-refractivity contribution in [2.75, 3.05) is 13.6 Å². The Labute approximate surface area is 74.9 Å². The largest absolute Gasteiger partial charge is 0.345 e. The minimum absolute atomic E-state index is 0.161. The molecule has 2 nitrogen and oxygen atoms in total. The van der Waals surface area contributed by atoms with E-state index in [1.165, 1.54) is 6.42 Å². The van der Waals surface area contributed by atoms with Gasteiger partial charge in [0.2, 0.25) is 5.91 Å². The third kappa shape index (κ3) is 1.47. The van der Waals surface area contributed by atoms with Gasteiger partial charge in [0.1, 0.15) is 0 Å². The molecule has 1 fully saturated rings. The highest BCUT2D eigenvalue weighted by Crippen LogP contribution is 2.34. The zero-order valence-electron chi connectivity index (χ0n) is 8.55. The molecule has 1 aliphatic heterocycles. The van der Waals surface area contributed by atoms with E-state index < -0.39 is 0 Å². The standard InChI is InChI=1S/C10H19NO/c1-8-6-5-7-11(4)9(12)10(8,2)3/h8H,5-7H2,1-4H3. The van der Waals surface area contributed by atoms with E-state index >= 15 is 0 Å². The minimum atomic E-state index is -0.161. The third-order valence-electron chi connectivity index (χ3n) is 3.26. The van der Waals surface area contributed by atoms with Crippen LogP contribution in [0.25, 0.3) is 0 Å². The molecule has 0 saturated carbocycles. The van der Waals surface area contributed by atoms with Gasteiger partial charge < -0.3 is 4.90 Å². The maximum absolute atomic E-state index is 11.8. The van der Waals surface area contributed by atoms with Crippen molar-refractivity contribution in [3.05, 3.63) is 0 Å². The average molecular weight is 169 g/mol. The first-order valence-corrected chi connectivity index (χ1v) is 4.72. The highest BCUT2D eigenvalue weighted by molar-refractivity contribution is 5.82. The molecule has 1 heterocycles. The lowest BCUT2D eigenvalue weighted by molar-refractivity contribution is -0.140. The molecule has 0 aliphatic carbocycles. The summed E-state index contributed by atoms with van der Waals surface area (Å²) in [6.45, 7) is 7.22. The average Bonchev–Trinajstić information content (AvgIpc) is 2.07. The molecule has 0 aromatic rings. The van der Waals surface area contributed by atoms with Gasteiger partial charge in [-0.3, -0.25) is 4.79 Å². The van der Waals surface area contributed by atoms with Gasteiger partial charge in [0.25, 0.3) is 0 Å². The number of carbonyl (C=O) groups excluding carboxylic acids is 1. The molecule has 1 amide bonds. The van der Waals surface area contributed by atoms with Gasteiger partial charge in [0.15, 0.2) is 0 Å². The van der Waals surface area contributed by atoms with Crippen LogP contribution in [0.3, 0.4) is 0 Å². The fourth-order valence-corrected chi connectivity index (χ4v) is 1.80. The molecule has 12 heavy (non-hydrogen) atoms. The van der Waals surface area contributed by atoms with Crippen LogP contribution in [0.2, 0.25) is 0 Å². The van der Waals surface area contributed by atoms with Crippen LogP contribution < -0.4 is 0 Å². The maximum atomic E-state index is 11.8. The summed E-state index contributed by atoms with van der Waals surface area (Å²) in [6.07, 6.45) is 2.32. The van der Waals surface area contributed by atoms with E-state index in [1.807, 2.05) is 11.9 Å². The Morgan fingerprint density at radius 1 is 1.50 bits per heavy atom. The Balaban J connectivity index is 2.85. The van der Waals surface area contributed by atoms with Crippen molar-refractivity contribution in [1.29, 1.82) is 0 Å². The van der Waals surface area contributed by atoms with Gasteiger partial charge in [0.05, 0.1) is 0 Å². The molecular formula is C10H19NO. The highest BCUT2D eigenvalue weighted by atomic mass is 16.2. The van der Waals surface area contributed by atoms with E-state index in [9.17, 15) is 4.79 Å². The van der Waals surface area contributed by atoms with E-state index in [0.29, 0.717) is 11.8 Å². The van der Waals surface area contributed by atoms with Gasteiger partial charge in [-0.15, -0.1) is 0 Å². The third-order valence-corrected chi connectivity index (χ3v) is 3.26. The molecule has 1 unspecified atom stereocenters. The quantitative estimate of drug-likeness (QED) is 0.542. The summed E-state index contributed by atoms with van der Waals surface area (Å²) in [5.41, 5.74) is -0.161. The molecule has 0 spiro atoms. The molecule has 70 valence electrons. The summed E-state index contributed by atoms with van der Waals surface area (Å²) in [4.78, 5) is 13.7. The highest BCUT2D eigenvalue weighted by Gasteiger charge is 2.37. The van der Waals surface area contributed by atoms with Crippen molar-refractivity contribution < 1.29 is 4.79 Å². The van der Waals surface area contributed by atoms with Gasteiger partial charge in [-0.05, 0) is 18.8 Å². The zero-order chi connectivity index (χ0) is 9.35. The first-order chi connectivity index (χ1) is 5.46. The van der Waals surface area contributed by atoms with E-state index in [4.69, 9.17) is 0 Å². The second-order valence-corrected chi connectivity index (χ2v) is 4.49. The number of carbonyl (C=O) groups is 1. The summed E-state index contributed by atoms with van der Waals surface area (Å²) >= 11 is 0. The Kier molecular flexibility index (Phi) is 2.45. The van der Waals surface area contributed by atoms with Crippen molar-refractivity contribution in [3.8, 4) is 0 Å². The predicted molar refractivity (Wildman–Crippen MR) is 49.8 cm³/mol. The zero-order valence-corrected chi connectivity index (χ0v) is 8.55. The number of hydrogen-bond acceptors (Lipinski definition) is 1. The Hall–Kier alpha value is -0.530. The topological polar surface area (TPSA) is 20.3 Å². The van der Waals surface area contributed by atoms with Crippen LogP contribution >= 0.6 is 0 Å². The van der Waals surface area contributed by atoms with Crippen LogP contribution in [0.5, 0.6) is 0 Å². The Morgan fingerprint density at radius 2 is 2.08 bits per heavy atom. The van der Waals surface area contributed by atoms with Gasteiger partial charge in [0, 0.05) is 19.0 Å². The van der Waals surface area contributed by atoms with E-state index in [1.54, 1.807) is 0 Å². The van der Waals surface area contributed by atoms with Crippen LogP contribution in [0.15, 0.2) is 0 Å². The van der Waals surface area contributed by atoms with Gasteiger partial charge in [-0.2, -0.15) is 0 Å². The number of likely N-dealkylation sites (tertiary alicyclic amines) is 1. The molecular weight excluding hydrogens is 150 g/mol. The van der Waals surface area contributed by atoms with Crippen LogP contribution in [-0.2, 0) is 4.79 Å². The molecule has 1 saturated heterocycles. The fourth-order valence-electron chi connectivity index (χ4n) is 1.80. The molecule has 1 aliphatic rings. The number of amides is 1. The SMILES string of the molecule is CC1CCCN(C)C(=O)C1(C)C. The van der Waals surface area contributed by atoms with Crippen LogP contribution in [-0.4, -0.2) is 24.4 Å². The van der Waals surface area contributed by atoms with E-state index in [2.05, 4.69) is 20.8 Å². The maximum Gasteiger partial charge on any atom is 0.228 e. The molecule has 0 bridgehead atoms. The van der Waals surface area contributed by atoms with Crippen LogP contribution in [0.4, 0.5) is 0 Å². The second kappa shape index (κ2) is 3.08. The normalized spacial score (nSPS) is 30.2. The molecule has 0 aromatic carbocycles. The summed E-state index contributed by atoms with van der Waals surface area (Å²) in [6, 6.07) is 0. The summed E-state index contributed by atoms with van der Waals surface area (Å²) in [7, 11) is 1.90. The lowest BCUT2D eigenvalue weighted by Gasteiger charge is -2.30. The number of hydrogen-bond donors (Lipinski definition) is 0. The van der Waals surface area contributed by atoms with E-state index in [0.717, 1.165) is 13.0 Å². The lowest BCUT2D eigenvalue weighted by atomic mass is 9.78. The number of rotatable bonds is 0. The summed E-state index contributed by atoms with van der Waals surface area (Å²) in [5, 5.41) is 0. The first kappa shape index (κ1) is 9.56. The van der Waals surface area contributed by atoms with Gasteiger partial charge in [-0.1, -0.05) is 20.8 Å². The van der Waals surface area contributed by atoms with Crippen molar-refractivity contribution >= 4 is 5.91 Å². The smallest absolute Gasteiger partial charge is 0.228 e. The molecule has 0 N–H and O–H groups in total. The molecule has 2 heteroatoms. The van der Waals surface area contributed by atoms with Crippen molar-refractivity contribution in [2.45, 2.75) is 33.6 Å². The summed E-state index contributed by atoms with van der Waals surface area (Å²) < 4.78 is 0. The predicted octanol–water partition coefficient (Wildman–Crippen LogP) is 1.90. The van der Waals surface area contributed by atoms with Crippen molar-refractivity contribution in [2.24, 2.45) is 11.3 Å². The minimum Gasteiger partial charge on any atom is -0.345 e. The lowest BCUT2D eigenvalue weighted by Crippen LogP contribution is -2.39. The Bertz CT molecular complexity index is 186. The number of nitrogens with zero attached hydrogens (tertiary/aromatic N) is 1. The molecule has 0 aromatic heterocycles. The Morgan fingerprint density at radius 3 is 2.67 bits per heavy atom. The monoisotopic (exact) mass is 169 g/mol. The molecule has 1 rings (SSSR count).